The smallest absolute Gasteiger partial charge is 0.269 e. The Balaban J connectivity index is 1.80. The number of benzene rings is 2. The average molecular weight is 329 g/mol. The van der Waals surface area contributed by atoms with Crippen LogP contribution in [0.15, 0.2) is 48.5 Å². The Morgan fingerprint density at radius 1 is 1.04 bits per heavy atom. The summed E-state index contributed by atoms with van der Waals surface area (Å²) in [4.78, 5) is 20.8. The first-order chi connectivity index (χ1) is 11.2. The van der Waals surface area contributed by atoms with Crippen molar-refractivity contribution >= 4 is 34.4 Å². The summed E-state index contributed by atoms with van der Waals surface area (Å²) in [6.07, 6.45) is 0. The van der Waals surface area contributed by atoms with Crippen LogP contribution in [0.3, 0.4) is 0 Å². The van der Waals surface area contributed by atoms with Gasteiger partial charge in [0, 0.05) is 10.6 Å². The second-order valence-electron chi connectivity index (χ2n) is 4.66. The van der Waals surface area contributed by atoms with Crippen molar-refractivity contribution in [3.05, 3.63) is 59.1 Å². The van der Waals surface area contributed by atoms with Crippen LogP contribution in [0, 0.1) is 0 Å². The maximum absolute atomic E-state index is 12.1. The topological polar surface area (TPSA) is 76.1 Å². The van der Waals surface area contributed by atoms with Crippen LogP contribution in [0.4, 0.5) is 5.82 Å². The van der Waals surface area contributed by atoms with Crippen molar-refractivity contribution in [1.29, 1.82) is 0 Å². The summed E-state index contributed by atoms with van der Waals surface area (Å²) in [5.74, 6) is 0.298. The summed E-state index contributed by atoms with van der Waals surface area (Å²) in [5.41, 5.74) is 7.16. The molecule has 1 aromatic heterocycles. The zero-order chi connectivity index (χ0) is 16.2. The SMILES string of the molecule is COc1nc2ccccc2nc1NNC(=O)c1ccc(Cl)cc1. The molecule has 0 atom stereocenters. The van der Waals surface area contributed by atoms with Crippen LogP contribution in [0.1, 0.15) is 10.4 Å². The van der Waals surface area contributed by atoms with Crippen LogP contribution in [0.25, 0.3) is 11.0 Å². The van der Waals surface area contributed by atoms with Crippen LogP contribution < -0.4 is 15.6 Å². The first kappa shape index (κ1) is 15.1. The lowest BCUT2D eigenvalue weighted by Gasteiger charge is -2.11. The molecule has 0 fully saturated rings. The molecule has 0 unspecified atom stereocenters. The maximum atomic E-state index is 12.1. The van der Waals surface area contributed by atoms with Crippen molar-refractivity contribution in [2.24, 2.45) is 0 Å². The Bertz CT molecular complexity index is 852. The summed E-state index contributed by atoms with van der Waals surface area (Å²) in [6, 6.07) is 13.9. The number of anilines is 1. The zero-order valence-electron chi connectivity index (χ0n) is 12.2. The van der Waals surface area contributed by atoms with Gasteiger partial charge in [-0.1, -0.05) is 23.7 Å². The summed E-state index contributed by atoms with van der Waals surface area (Å²) < 4.78 is 5.20. The van der Waals surface area contributed by atoms with Gasteiger partial charge >= 0.3 is 0 Å². The standard InChI is InChI=1S/C16H13ClN4O2/c1-23-16-14(18-12-4-2-3-5-13(12)19-16)20-21-15(22)10-6-8-11(17)9-7-10/h2-9H,1H3,(H,18,20)(H,21,22). The van der Waals surface area contributed by atoms with Crippen LogP contribution in [0.2, 0.25) is 5.02 Å². The van der Waals surface area contributed by atoms with Gasteiger partial charge in [-0.15, -0.1) is 0 Å². The molecule has 2 aromatic carbocycles. The zero-order valence-corrected chi connectivity index (χ0v) is 13.0. The highest BCUT2D eigenvalue weighted by molar-refractivity contribution is 6.30. The van der Waals surface area contributed by atoms with Crippen molar-refractivity contribution in [3.8, 4) is 5.88 Å². The van der Waals surface area contributed by atoms with Crippen LogP contribution >= 0.6 is 11.6 Å². The first-order valence-corrected chi connectivity index (χ1v) is 7.18. The Morgan fingerprint density at radius 3 is 2.35 bits per heavy atom. The van der Waals surface area contributed by atoms with E-state index in [-0.39, 0.29) is 5.91 Å². The highest BCUT2D eigenvalue weighted by Crippen LogP contribution is 2.22. The van der Waals surface area contributed by atoms with Gasteiger partial charge in [0.15, 0.2) is 0 Å². The van der Waals surface area contributed by atoms with E-state index in [9.17, 15) is 4.79 Å². The number of hydrazine groups is 1. The summed E-state index contributed by atoms with van der Waals surface area (Å²) in [5, 5.41) is 0.566. The molecular weight excluding hydrogens is 316 g/mol. The summed E-state index contributed by atoms with van der Waals surface area (Å²) in [6.45, 7) is 0. The number of nitrogens with zero attached hydrogens (tertiary/aromatic N) is 2. The molecular formula is C16H13ClN4O2. The van der Waals surface area contributed by atoms with Crippen molar-refractivity contribution in [3.63, 3.8) is 0 Å². The fourth-order valence-electron chi connectivity index (χ4n) is 2.00. The van der Waals surface area contributed by atoms with E-state index in [1.165, 1.54) is 7.11 Å². The number of ether oxygens (including phenoxy) is 1. The Kier molecular flexibility index (Phi) is 4.25. The van der Waals surface area contributed by atoms with Gasteiger partial charge < -0.3 is 4.74 Å². The molecule has 2 N–H and O–H groups in total. The number of fused-ring (bicyclic) bond motifs is 1. The molecule has 0 bridgehead atoms. The number of carbonyl (C=O) groups excluding carboxylic acids is 1. The molecule has 23 heavy (non-hydrogen) atoms. The Hall–Kier alpha value is -2.86. The van der Waals surface area contributed by atoms with Gasteiger partial charge in [0.1, 0.15) is 0 Å². The minimum absolute atomic E-state index is 0.292. The minimum Gasteiger partial charge on any atom is -0.478 e. The van der Waals surface area contributed by atoms with Gasteiger partial charge in [0.05, 0.1) is 18.1 Å². The van der Waals surface area contributed by atoms with E-state index in [4.69, 9.17) is 16.3 Å². The number of rotatable bonds is 4. The van der Waals surface area contributed by atoms with Crippen molar-refractivity contribution in [2.75, 3.05) is 12.5 Å². The largest absolute Gasteiger partial charge is 0.478 e. The van der Waals surface area contributed by atoms with Crippen LogP contribution in [-0.4, -0.2) is 23.0 Å². The molecule has 0 saturated carbocycles. The third-order valence-corrected chi connectivity index (χ3v) is 3.38. The number of methoxy groups -OCH3 is 1. The predicted molar refractivity (Wildman–Crippen MR) is 88.6 cm³/mol. The predicted octanol–water partition coefficient (Wildman–Crippen LogP) is 3.05. The molecule has 1 amide bonds. The monoisotopic (exact) mass is 328 g/mol. The molecule has 0 spiro atoms. The number of nitrogens with one attached hydrogen (secondary N) is 2. The molecule has 116 valence electrons. The highest BCUT2D eigenvalue weighted by Gasteiger charge is 2.11. The molecule has 3 aromatic rings. The first-order valence-electron chi connectivity index (χ1n) is 6.80. The molecule has 0 aliphatic rings. The third kappa shape index (κ3) is 3.32. The lowest BCUT2D eigenvalue weighted by molar-refractivity contribution is 0.0962. The molecule has 3 rings (SSSR count). The fourth-order valence-corrected chi connectivity index (χ4v) is 2.12. The molecule has 0 radical (unpaired) electrons. The van der Waals surface area contributed by atoms with Gasteiger partial charge in [-0.2, -0.15) is 0 Å². The van der Waals surface area contributed by atoms with E-state index in [0.29, 0.717) is 33.3 Å². The van der Waals surface area contributed by atoms with Gasteiger partial charge in [-0.05, 0) is 36.4 Å². The molecule has 0 aliphatic carbocycles. The van der Waals surface area contributed by atoms with E-state index < -0.39 is 0 Å². The number of aromatic nitrogens is 2. The normalized spacial score (nSPS) is 10.3. The van der Waals surface area contributed by atoms with E-state index >= 15 is 0 Å². The molecule has 6 nitrogen and oxygen atoms in total. The molecule has 1 heterocycles. The highest BCUT2D eigenvalue weighted by atomic mass is 35.5. The van der Waals surface area contributed by atoms with Crippen molar-refractivity contribution in [2.45, 2.75) is 0 Å². The number of hydrogen-bond donors (Lipinski definition) is 2. The van der Waals surface area contributed by atoms with Gasteiger partial charge in [0.2, 0.25) is 5.82 Å². The quantitative estimate of drug-likeness (QED) is 0.720. The Labute approximate surface area is 137 Å². The molecule has 0 aliphatic heterocycles. The Morgan fingerprint density at radius 2 is 1.70 bits per heavy atom. The van der Waals surface area contributed by atoms with E-state index in [1.807, 2.05) is 24.3 Å². The summed E-state index contributed by atoms with van der Waals surface area (Å²) in [7, 11) is 1.49. The maximum Gasteiger partial charge on any atom is 0.269 e. The second-order valence-corrected chi connectivity index (χ2v) is 5.09. The number of hydrogen-bond acceptors (Lipinski definition) is 5. The third-order valence-electron chi connectivity index (χ3n) is 3.13. The lowest BCUT2D eigenvalue weighted by Crippen LogP contribution is -2.30. The lowest BCUT2D eigenvalue weighted by atomic mass is 10.2. The van der Waals surface area contributed by atoms with Gasteiger partial charge in [0.25, 0.3) is 11.8 Å². The number of halogens is 1. The van der Waals surface area contributed by atoms with Crippen molar-refractivity contribution in [1.82, 2.24) is 15.4 Å². The van der Waals surface area contributed by atoms with Gasteiger partial charge in [-0.3, -0.25) is 15.6 Å². The summed E-state index contributed by atoms with van der Waals surface area (Å²) >= 11 is 5.80. The van der Waals surface area contributed by atoms with E-state index in [2.05, 4.69) is 20.8 Å². The van der Waals surface area contributed by atoms with Crippen molar-refractivity contribution < 1.29 is 9.53 Å². The molecule has 0 saturated heterocycles. The minimum atomic E-state index is -0.321. The van der Waals surface area contributed by atoms with E-state index in [0.717, 1.165) is 0 Å². The number of para-hydroxylation sites is 2. The van der Waals surface area contributed by atoms with Crippen LogP contribution in [-0.2, 0) is 0 Å². The number of carbonyl (C=O) groups is 1. The molecule has 7 heteroatoms. The fraction of sp³-hybridized carbons (Fsp3) is 0.0625. The van der Waals surface area contributed by atoms with E-state index in [1.54, 1.807) is 24.3 Å². The van der Waals surface area contributed by atoms with Gasteiger partial charge in [-0.25, -0.2) is 9.97 Å². The average Bonchev–Trinajstić information content (AvgIpc) is 2.59. The second kappa shape index (κ2) is 6.50. The van der Waals surface area contributed by atoms with Crippen LogP contribution in [0.5, 0.6) is 5.88 Å². The number of amides is 1.